The van der Waals surface area contributed by atoms with Crippen LogP contribution >= 0.6 is 0 Å². The van der Waals surface area contributed by atoms with Crippen LogP contribution in [0.1, 0.15) is 19.4 Å². The van der Waals surface area contributed by atoms with E-state index in [0.29, 0.717) is 6.61 Å². The Balaban J connectivity index is 0.000000288. The Kier molecular flexibility index (Phi) is 6.09. The first-order valence-corrected chi connectivity index (χ1v) is 4.62. The number of anilines is 1. The number of benzene rings is 1. The van der Waals surface area contributed by atoms with Gasteiger partial charge in [-0.3, -0.25) is 4.79 Å². The van der Waals surface area contributed by atoms with E-state index in [4.69, 9.17) is 5.73 Å². The Morgan fingerprint density at radius 2 is 2.13 bits per heavy atom. The summed E-state index contributed by atoms with van der Waals surface area (Å²) in [7, 11) is 0. The first-order chi connectivity index (χ1) is 6.97. The molecule has 0 heterocycles. The molecule has 0 aliphatic rings. The lowest BCUT2D eigenvalue weighted by Crippen LogP contribution is -1.95. The van der Waals surface area contributed by atoms with Crippen LogP contribution in [0, 0.1) is 12.7 Å². The molecule has 1 rings (SSSR count). The summed E-state index contributed by atoms with van der Waals surface area (Å²) >= 11 is 0. The van der Waals surface area contributed by atoms with Crippen molar-refractivity contribution in [1.29, 1.82) is 0 Å². The molecule has 84 valence electrons. The maximum atomic E-state index is 12.4. The molecule has 0 fully saturated rings. The molecule has 0 radical (unpaired) electrons. The third kappa shape index (κ3) is 6.49. The van der Waals surface area contributed by atoms with Gasteiger partial charge in [0, 0.05) is 6.92 Å². The van der Waals surface area contributed by atoms with Gasteiger partial charge in [-0.25, -0.2) is 4.39 Å². The van der Waals surface area contributed by atoms with E-state index >= 15 is 0 Å². The van der Waals surface area contributed by atoms with Crippen molar-refractivity contribution in [3.05, 3.63) is 29.6 Å². The van der Waals surface area contributed by atoms with Crippen molar-refractivity contribution in [2.75, 3.05) is 12.3 Å². The molecule has 0 saturated carbocycles. The zero-order valence-corrected chi connectivity index (χ0v) is 9.21. The van der Waals surface area contributed by atoms with Gasteiger partial charge < -0.3 is 10.5 Å². The fourth-order valence-corrected chi connectivity index (χ4v) is 0.866. The molecule has 1 aromatic rings. The second-order valence-corrected chi connectivity index (χ2v) is 2.95. The number of rotatable bonds is 1. The topological polar surface area (TPSA) is 52.3 Å². The van der Waals surface area contributed by atoms with Crippen molar-refractivity contribution in [3.8, 4) is 0 Å². The predicted octanol–water partition coefficient (Wildman–Crippen LogP) is 2.29. The van der Waals surface area contributed by atoms with Crippen LogP contribution in [0.25, 0.3) is 0 Å². The van der Waals surface area contributed by atoms with Gasteiger partial charge in [0.2, 0.25) is 0 Å². The van der Waals surface area contributed by atoms with Crippen LogP contribution in [0.15, 0.2) is 18.2 Å². The predicted molar refractivity (Wildman–Crippen MR) is 57.9 cm³/mol. The highest BCUT2D eigenvalue weighted by molar-refractivity contribution is 5.65. The molecule has 2 N–H and O–H groups in total. The van der Waals surface area contributed by atoms with Gasteiger partial charge in [-0.15, -0.1) is 0 Å². The van der Waals surface area contributed by atoms with Crippen molar-refractivity contribution in [2.45, 2.75) is 20.8 Å². The van der Waals surface area contributed by atoms with Crippen molar-refractivity contribution < 1.29 is 13.9 Å². The minimum atomic E-state index is -0.347. The number of nitrogen functional groups attached to an aromatic ring is 1. The van der Waals surface area contributed by atoms with Gasteiger partial charge in [0.25, 0.3) is 0 Å². The molecule has 0 aromatic heterocycles. The Labute approximate surface area is 89.0 Å². The standard InChI is InChI=1S/C7H8FN.C4H8O2/c1-5-2-3-6(8)7(9)4-5;1-3-6-4(2)5/h2-4H,9H2,1H3;3H2,1-2H3. The van der Waals surface area contributed by atoms with Crippen molar-refractivity contribution >= 4 is 11.7 Å². The van der Waals surface area contributed by atoms with Gasteiger partial charge in [0.1, 0.15) is 5.82 Å². The quantitative estimate of drug-likeness (QED) is 0.575. The largest absolute Gasteiger partial charge is 0.466 e. The smallest absolute Gasteiger partial charge is 0.302 e. The fourth-order valence-electron chi connectivity index (χ4n) is 0.866. The highest BCUT2D eigenvalue weighted by Gasteiger charge is 1.93. The number of aryl methyl sites for hydroxylation is 1. The summed E-state index contributed by atoms with van der Waals surface area (Å²) in [6.07, 6.45) is 0. The summed E-state index contributed by atoms with van der Waals surface area (Å²) in [6.45, 7) is 5.52. The van der Waals surface area contributed by atoms with Crippen LogP contribution in [0.4, 0.5) is 10.1 Å². The lowest BCUT2D eigenvalue weighted by molar-refractivity contribution is -0.140. The molecule has 0 spiro atoms. The molecule has 3 nitrogen and oxygen atoms in total. The van der Waals surface area contributed by atoms with Crippen molar-refractivity contribution in [1.82, 2.24) is 0 Å². The van der Waals surface area contributed by atoms with Crippen molar-refractivity contribution in [3.63, 3.8) is 0 Å². The highest BCUT2D eigenvalue weighted by Crippen LogP contribution is 2.10. The Hall–Kier alpha value is -1.58. The minimum absolute atomic E-state index is 0.211. The molecule has 0 aliphatic heterocycles. The van der Waals surface area contributed by atoms with Crippen LogP contribution in [-0.4, -0.2) is 12.6 Å². The van der Waals surface area contributed by atoms with Gasteiger partial charge >= 0.3 is 5.97 Å². The van der Waals surface area contributed by atoms with E-state index in [9.17, 15) is 9.18 Å². The summed E-state index contributed by atoms with van der Waals surface area (Å²) in [4.78, 5) is 9.82. The maximum Gasteiger partial charge on any atom is 0.302 e. The van der Waals surface area contributed by atoms with Crippen LogP contribution in [0.5, 0.6) is 0 Å². The molecule has 0 amide bonds. The molecule has 1 aromatic carbocycles. The SMILES string of the molecule is CCOC(C)=O.Cc1ccc(F)c(N)c1. The average molecular weight is 213 g/mol. The number of halogens is 1. The van der Waals surface area contributed by atoms with E-state index in [1.165, 1.54) is 13.0 Å². The van der Waals surface area contributed by atoms with E-state index in [-0.39, 0.29) is 17.5 Å². The summed E-state index contributed by atoms with van der Waals surface area (Å²) in [5.41, 5.74) is 6.44. The number of esters is 1. The Bertz CT molecular complexity index is 326. The number of hydrogen-bond donors (Lipinski definition) is 1. The second kappa shape index (κ2) is 6.81. The van der Waals surface area contributed by atoms with E-state index in [0.717, 1.165) is 5.56 Å². The van der Waals surface area contributed by atoms with E-state index < -0.39 is 0 Å². The second-order valence-electron chi connectivity index (χ2n) is 2.95. The summed E-state index contributed by atoms with van der Waals surface area (Å²) in [6, 6.07) is 4.66. The molecule has 0 aliphatic carbocycles. The van der Waals surface area contributed by atoms with E-state index in [1.54, 1.807) is 19.1 Å². The molecular formula is C11H16FNO2. The van der Waals surface area contributed by atoms with Gasteiger partial charge in [-0.1, -0.05) is 6.07 Å². The number of nitrogens with two attached hydrogens (primary N) is 1. The fraction of sp³-hybridized carbons (Fsp3) is 0.364. The monoisotopic (exact) mass is 213 g/mol. The van der Waals surface area contributed by atoms with Crippen LogP contribution in [0.2, 0.25) is 0 Å². The summed E-state index contributed by atoms with van der Waals surface area (Å²) in [5.74, 6) is -0.557. The highest BCUT2D eigenvalue weighted by atomic mass is 19.1. The average Bonchev–Trinajstić information content (AvgIpc) is 2.13. The van der Waals surface area contributed by atoms with Crippen LogP contribution in [0.3, 0.4) is 0 Å². The van der Waals surface area contributed by atoms with Crippen LogP contribution in [-0.2, 0) is 9.53 Å². The van der Waals surface area contributed by atoms with Gasteiger partial charge in [-0.05, 0) is 31.5 Å². The molecule has 0 unspecified atom stereocenters. The molecule has 15 heavy (non-hydrogen) atoms. The summed E-state index contributed by atoms with van der Waals surface area (Å²) in [5, 5.41) is 0. The minimum Gasteiger partial charge on any atom is -0.466 e. The molecule has 4 heteroatoms. The first-order valence-electron chi connectivity index (χ1n) is 4.62. The summed E-state index contributed by atoms with van der Waals surface area (Å²) < 4.78 is 16.8. The Morgan fingerprint density at radius 1 is 1.53 bits per heavy atom. The lowest BCUT2D eigenvalue weighted by Gasteiger charge is -1.95. The maximum absolute atomic E-state index is 12.4. The van der Waals surface area contributed by atoms with Gasteiger partial charge in [0.15, 0.2) is 0 Å². The Morgan fingerprint density at radius 3 is 2.40 bits per heavy atom. The number of carbonyl (C=O) groups is 1. The lowest BCUT2D eigenvalue weighted by atomic mass is 10.2. The van der Waals surface area contributed by atoms with E-state index in [1.807, 2.05) is 6.92 Å². The third-order valence-electron chi connectivity index (χ3n) is 1.50. The van der Waals surface area contributed by atoms with E-state index in [2.05, 4.69) is 4.74 Å². The van der Waals surface area contributed by atoms with Gasteiger partial charge in [0.05, 0.1) is 12.3 Å². The molecule has 0 atom stereocenters. The zero-order chi connectivity index (χ0) is 11.8. The molecule has 0 bridgehead atoms. The number of ether oxygens (including phenoxy) is 1. The normalized spacial score (nSPS) is 8.80. The number of hydrogen-bond acceptors (Lipinski definition) is 3. The first kappa shape index (κ1) is 13.4. The van der Waals surface area contributed by atoms with Crippen LogP contribution < -0.4 is 5.73 Å². The van der Waals surface area contributed by atoms with Crippen molar-refractivity contribution in [2.24, 2.45) is 0 Å². The third-order valence-corrected chi connectivity index (χ3v) is 1.50. The zero-order valence-electron chi connectivity index (χ0n) is 9.21. The number of carbonyl (C=O) groups excluding carboxylic acids is 1. The molecular weight excluding hydrogens is 197 g/mol. The van der Waals surface area contributed by atoms with Gasteiger partial charge in [-0.2, -0.15) is 0 Å². The molecule has 0 saturated heterocycles.